The Kier molecular flexibility index (Phi) is 6.59. The number of carboxylic acid groups (broad SMARTS) is 1. The molecule has 0 radical (unpaired) electrons. The lowest BCUT2D eigenvalue weighted by Crippen LogP contribution is -2.50. The number of carbonyl (C=O) groups excluding carboxylic acids is 2. The van der Waals surface area contributed by atoms with Crippen LogP contribution in [0.5, 0.6) is 0 Å². The maximum Gasteiger partial charge on any atom is 0.410 e. The lowest BCUT2D eigenvalue weighted by molar-refractivity contribution is -0.179. The van der Waals surface area contributed by atoms with Gasteiger partial charge < -0.3 is 24.6 Å². The zero-order valence-electron chi connectivity index (χ0n) is 14.7. The number of piperidine rings is 1. The highest BCUT2D eigenvalue weighted by atomic mass is 16.6. The van der Waals surface area contributed by atoms with Crippen molar-refractivity contribution in [1.82, 2.24) is 4.90 Å². The van der Waals surface area contributed by atoms with E-state index < -0.39 is 29.2 Å². The van der Waals surface area contributed by atoms with Crippen LogP contribution in [0.15, 0.2) is 0 Å². The van der Waals surface area contributed by atoms with E-state index in [1.165, 1.54) is 0 Å². The Balaban J connectivity index is 2.80. The van der Waals surface area contributed by atoms with Crippen LogP contribution in [0.3, 0.4) is 0 Å². The maximum absolute atomic E-state index is 12.3. The summed E-state index contributed by atoms with van der Waals surface area (Å²) in [6, 6.07) is -0.288. The summed E-state index contributed by atoms with van der Waals surface area (Å²) in [7, 11) is 1.02. The summed E-state index contributed by atoms with van der Waals surface area (Å²) in [6.07, 6.45) is 1.74. The third kappa shape index (κ3) is 5.09. The second kappa shape index (κ2) is 7.83. The fraction of sp³-hybridized carbons (Fsp3) is 0.812. The van der Waals surface area contributed by atoms with E-state index in [0.717, 1.165) is 20.0 Å². The van der Waals surface area contributed by atoms with Crippen molar-refractivity contribution in [3.8, 4) is 0 Å². The quantitative estimate of drug-likeness (QED) is 0.574. The summed E-state index contributed by atoms with van der Waals surface area (Å²) in [4.78, 5) is 36.7. The first-order chi connectivity index (χ1) is 11.0. The lowest BCUT2D eigenvalue weighted by atomic mass is 9.91. The smallest absolute Gasteiger partial charge is 0.410 e. The van der Waals surface area contributed by atoms with Crippen molar-refractivity contribution in [2.24, 2.45) is 0 Å². The van der Waals surface area contributed by atoms with Crippen LogP contribution in [0.4, 0.5) is 4.79 Å². The van der Waals surface area contributed by atoms with Crippen LogP contribution >= 0.6 is 0 Å². The monoisotopic (exact) mass is 345 g/mol. The van der Waals surface area contributed by atoms with Gasteiger partial charge in [-0.15, -0.1) is 0 Å². The highest BCUT2D eigenvalue weighted by molar-refractivity contribution is 6.02. The Bertz CT molecular complexity index is 485. The molecule has 2 atom stereocenters. The molecule has 2 unspecified atom stereocenters. The fourth-order valence-electron chi connectivity index (χ4n) is 2.70. The Morgan fingerprint density at radius 1 is 1.21 bits per heavy atom. The molecule has 0 aliphatic carbocycles. The molecule has 2 N–H and O–H groups in total. The van der Waals surface area contributed by atoms with Crippen molar-refractivity contribution in [1.29, 1.82) is 0 Å². The number of aliphatic hydroxyl groups is 1. The molecule has 1 saturated heterocycles. The Labute approximate surface area is 141 Å². The van der Waals surface area contributed by atoms with Gasteiger partial charge in [0.05, 0.1) is 7.11 Å². The predicted octanol–water partition coefficient (Wildman–Crippen LogP) is 1.54. The topological polar surface area (TPSA) is 113 Å². The molecule has 0 bridgehead atoms. The molecule has 1 aliphatic heterocycles. The Hall–Kier alpha value is -1.83. The number of aliphatic carboxylic acids is 1. The van der Waals surface area contributed by atoms with Crippen molar-refractivity contribution in [3.05, 3.63) is 0 Å². The van der Waals surface area contributed by atoms with Crippen LogP contribution in [0, 0.1) is 0 Å². The van der Waals surface area contributed by atoms with Crippen LogP contribution in [0.2, 0.25) is 0 Å². The molecule has 0 aromatic heterocycles. The van der Waals surface area contributed by atoms with Crippen molar-refractivity contribution in [2.45, 2.75) is 70.1 Å². The van der Waals surface area contributed by atoms with Crippen molar-refractivity contribution >= 4 is 18.0 Å². The van der Waals surface area contributed by atoms with Crippen LogP contribution in [-0.2, 0) is 19.1 Å². The van der Waals surface area contributed by atoms with Gasteiger partial charge >= 0.3 is 18.0 Å². The summed E-state index contributed by atoms with van der Waals surface area (Å²) in [5, 5.41) is 19.2. The molecule has 1 aliphatic rings. The van der Waals surface area contributed by atoms with Gasteiger partial charge in [0, 0.05) is 19.0 Å². The van der Waals surface area contributed by atoms with Gasteiger partial charge in [0.2, 0.25) is 0 Å². The summed E-state index contributed by atoms with van der Waals surface area (Å²) < 4.78 is 9.75. The third-order valence-electron chi connectivity index (χ3n) is 3.97. The first kappa shape index (κ1) is 20.2. The normalized spacial score (nSPS) is 20.9. The van der Waals surface area contributed by atoms with Crippen molar-refractivity contribution in [3.63, 3.8) is 0 Å². The molecule has 138 valence electrons. The van der Waals surface area contributed by atoms with Crippen molar-refractivity contribution in [2.75, 3.05) is 13.7 Å². The van der Waals surface area contributed by atoms with Crippen molar-refractivity contribution < 1.29 is 34.1 Å². The number of esters is 1. The summed E-state index contributed by atoms with van der Waals surface area (Å²) in [5.74, 6) is -2.87. The highest BCUT2D eigenvalue weighted by Crippen LogP contribution is 2.26. The van der Waals surface area contributed by atoms with Crippen LogP contribution in [-0.4, -0.2) is 64.0 Å². The first-order valence-electron chi connectivity index (χ1n) is 8.05. The van der Waals surface area contributed by atoms with E-state index in [2.05, 4.69) is 4.74 Å². The first-order valence-corrected chi connectivity index (χ1v) is 8.05. The maximum atomic E-state index is 12.3. The number of nitrogens with zero attached hydrogens (tertiary/aromatic N) is 1. The second-order valence-electron chi connectivity index (χ2n) is 7.02. The average molecular weight is 345 g/mol. The molecule has 1 rings (SSSR count). The minimum atomic E-state index is -2.61. The number of ether oxygens (including phenoxy) is 2. The largest absolute Gasteiger partial charge is 0.479 e. The van der Waals surface area contributed by atoms with Crippen LogP contribution in [0.25, 0.3) is 0 Å². The number of carbonyl (C=O) groups is 3. The Morgan fingerprint density at radius 2 is 1.83 bits per heavy atom. The van der Waals surface area contributed by atoms with Gasteiger partial charge in [-0.05, 0) is 46.5 Å². The number of rotatable bonds is 5. The molecule has 8 heteroatoms. The van der Waals surface area contributed by atoms with Gasteiger partial charge in [-0.1, -0.05) is 0 Å². The van der Waals surface area contributed by atoms with Gasteiger partial charge in [-0.3, -0.25) is 0 Å². The predicted molar refractivity (Wildman–Crippen MR) is 84.4 cm³/mol. The number of amides is 1. The summed E-state index contributed by atoms with van der Waals surface area (Å²) in [5.41, 5.74) is -3.24. The molecule has 0 aromatic rings. The molecule has 8 nitrogen and oxygen atoms in total. The minimum absolute atomic E-state index is 0.164. The molecule has 0 spiro atoms. The van der Waals surface area contributed by atoms with Crippen LogP contribution in [0.1, 0.15) is 52.9 Å². The Morgan fingerprint density at radius 3 is 2.33 bits per heavy atom. The van der Waals surface area contributed by atoms with Gasteiger partial charge in [0.15, 0.2) is 0 Å². The molecular weight excluding hydrogens is 318 g/mol. The second-order valence-corrected chi connectivity index (χ2v) is 7.02. The van der Waals surface area contributed by atoms with E-state index in [1.807, 2.05) is 0 Å². The molecule has 1 fully saturated rings. The molecule has 1 amide bonds. The number of methoxy groups -OCH3 is 1. The van der Waals surface area contributed by atoms with E-state index in [9.17, 15) is 19.5 Å². The number of likely N-dealkylation sites (tertiary alicyclic amines) is 1. The van der Waals surface area contributed by atoms with Gasteiger partial charge in [0.25, 0.3) is 5.60 Å². The molecule has 1 heterocycles. The fourth-order valence-corrected chi connectivity index (χ4v) is 2.70. The minimum Gasteiger partial charge on any atom is -0.479 e. The number of carboxylic acids is 1. The average Bonchev–Trinajstić information content (AvgIpc) is 2.50. The van der Waals surface area contributed by atoms with Gasteiger partial charge in [-0.25, -0.2) is 14.4 Å². The van der Waals surface area contributed by atoms with E-state index >= 15 is 0 Å². The molecule has 0 saturated carbocycles. The van der Waals surface area contributed by atoms with Crippen LogP contribution < -0.4 is 0 Å². The van der Waals surface area contributed by atoms with E-state index in [1.54, 1.807) is 25.7 Å². The molecular formula is C16H27NO7. The molecule has 0 aromatic carbocycles. The zero-order valence-corrected chi connectivity index (χ0v) is 14.7. The third-order valence-corrected chi connectivity index (χ3v) is 3.97. The highest BCUT2D eigenvalue weighted by Gasteiger charge is 2.46. The number of hydrogen-bond donors (Lipinski definition) is 2. The van der Waals surface area contributed by atoms with E-state index in [-0.39, 0.29) is 18.9 Å². The lowest BCUT2D eigenvalue weighted by Gasteiger charge is -2.37. The van der Waals surface area contributed by atoms with E-state index in [0.29, 0.717) is 13.0 Å². The SMILES string of the molecule is COC(=O)C(O)(CCC1CCCCN1C(=O)OC(C)(C)C)C(=O)O. The summed E-state index contributed by atoms with van der Waals surface area (Å²) in [6.45, 7) is 5.81. The molecule has 24 heavy (non-hydrogen) atoms. The zero-order chi connectivity index (χ0) is 18.5. The standard InChI is InChI=1S/C16H27NO7/c1-15(2,3)24-14(21)17-10-6-5-7-11(17)8-9-16(22,12(18)19)13(20)23-4/h11,22H,5-10H2,1-4H3,(H,18,19). The van der Waals surface area contributed by atoms with E-state index in [4.69, 9.17) is 9.84 Å². The summed E-state index contributed by atoms with van der Waals surface area (Å²) >= 11 is 0. The van der Waals surface area contributed by atoms with Gasteiger partial charge in [0.1, 0.15) is 5.60 Å². The number of hydrogen-bond acceptors (Lipinski definition) is 6. The van der Waals surface area contributed by atoms with Gasteiger partial charge in [-0.2, -0.15) is 0 Å².